The summed E-state index contributed by atoms with van der Waals surface area (Å²) in [5.74, 6) is -3.12. The number of carbonyl (C=O) groups excluding carboxylic acids is 2. The Kier molecular flexibility index (Phi) is 19.8. The van der Waals surface area contributed by atoms with E-state index in [2.05, 4.69) is 15.9 Å². The smallest absolute Gasteiger partial charge is 0.459 e. The molecule has 19 atom stereocenters. The lowest BCUT2D eigenvalue weighted by atomic mass is 9.77. The third-order valence-electron chi connectivity index (χ3n) is 13.1. The minimum Gasteiger partial charge on any atom is -0.459 e. The molecular formula is C42H77BrN2O14. The van der Waals surface area contributed by atoms with E-state index in [1.54, 1.807) is 34.6 Å². The van der Waals surface area contributed by atoms with Crippen molar-refractivity contribution in [2.75, 3.05) is 46.7 Å². The lowest BCUT2D eigenvalue weighted by Gasteiger charge is -2.48. The van der Waals surface area contributed by atoms with Crippen molar-refractivity contribution in [3.8, 4) is 0 Å². The number of nitrogens with zero attached hydrogens (tertiary/aromatic N) is 2. The zero-order valence-corrected chi connectivity index (χ0v) is 39.5. The summed E-state index contributed by atoms with van der Waals surface area (Å²) in [6.45, 7) is 18.3. The van der Waals surface area contributed by atoms with E-state index < -0.39 is 109 Å². The molecule has 17 heteroatoms. The normalized spacial score (nSPS) is 44.2. The van der Waals surface area contributed by atoms with E-state index in [1.165, 1.54) is 14.0 Å². The van der Waals surface area contributed by atoms with E-state index in [0.29, 0.717) is 24.7 Å². The Hall–Kier alpha value is -1.22. The van der Waals surface area contributed by atoms with Gasteiger partial charge in [-0.3, -0.25) is 4.79 Å². The summed E-state index contributed by atoms with van der Waals surface area (Å²) in [4.78, 5) is 31.4. The molecule has 3 fully saturated rings. The highest BCUT2D eigenvalue weighted by Crippen LogP contribution is 2.40. The summed E-state index contributed by atoms with van der Waals surface area (Å²) in [6.07, 6.45) is -9.88. The number of hydrogen-bond acceptors (Lipinski definition) is 16. The molecule has 3 aliphatic heterocycles. The molecule has 59 heavy (non-hydrogen) atoms. The molecule has 0 aromatic heterocycles. The Bertz CT molecular complexity index is 1310. The molecule has 0 amide bonds. The molecule has 346 valence electrons. The van der Waals surface area contributed by atoms with E-state index in [9.17, 15) is 30.0 Å². The second kappa shape index (κ2) is 22.4. The first-order valence-electron chi connectivity index (χ1n) is 21.3. The molecule has 0 aliphatic carbocycles. The Labute approximate surface area is 360 Å². The van der Waals surface area contributed by atoms with Gasteiger partial charge in [0.1, 0.15) is 30.5 Å². The van der Waals surface area contributed by atoms with Crippen LogP contribution in [0.15, 0.2) is 0 Å². The number of alkyl halides is 1. The molecule has 0 spiro atoms. The minimum absolute atomic E-state index is 0.0855. The minimum atomic E-state index is -1.82. The molecule has 1 unspecified atom stereocenters. The summed E-state index contributed by atoms with van der Waals surface area (Å²) in [5.41, 5.74) is -2.87. The first kappa shape index (κ1) is 52.1. The molecule has 4 N–H and O–H groups in total. The van der Waals surface area contributed by atoms with Crippen molar-refractivity contribution in [2.24, 2.45) is 23.7 Å². The van der Waals surface area contributed by atoms with Crippen LogP contribution in [0.3, 0.4) is 0 Å². The van der Waals surface area contributed by atoms with Crippen molar-refractivity contribution in [1.82, 2.24) is 9.80 Å². The van der Waals surface area contributed by atoms with Crippen LogP contribution in [0.2, 0.25) is 0 Å². The topological polar surface area (TPSA) is 195 Å². The second-order valence-corrected chi connectivity index (χ2v) is 19.0. The fourth-order valence-electron chi connectivity index (χ4n) is 9.18. The van der Waals surface area contributed by atoms with Crippen LogP contribution in [0.4, 0.5) is 4.79 Å². The van der Waals surface area contributed by atoms with Gasteiger partial charge in [0.25, 0.3) is 0 Å². The number of aliphatic hydroxyl groups excluding tert-OH is 3. The van der Waals surface area contributed by atoms with Gasteiger partial charge in [-0.25, -0.2) is 4.79 Å². The number of methoxy groups -OCH3 is 1. The summed E-state index contributed by atoms with van der Waals surface area (Å²) >= 11 is 3.28. The van der Waals surface area contributed by atoms with Gasteiger partial charge in [-0.15, -0.1) is 0 Å². The highest BCUT2D eigenvalue weighted by Gasteiger charge is 2.52. The van der Waals surface area contributed by atoms with Crippen molar-refractivity contribution in [1.29, 1.82) is 0 Å². The van der Waals surface area contributed by atoms with E-state index in [4.69, 9.17) is 37.9 Å². The fraction of sp³-hybridized carbons (Fsp3) is 0.952. The molecular weight excluding hydrogens is 836 g/mol. The molecule has 0 bridgehead atoms. The molecule has 0 aromatic carbocycles. The summed E-state index contributed by atoms with van der Waals surface area (Å²) in [5, 5.41) is 46.6. The second-order valence-electron chi connectivity index (χ2n) is 18.2. The summed E-state index contributed by atoms with van der Waals surface area (Å²) < 4.78 is 49.8. The Morgan fingerprint density at radius 3 is 2.22 bits per heavy atom. The number of cyclic esters (lactones) is 1. The largest absolute Gasteiger partial charge is 0.508 e. The number of carbonyl (C=O) groups is 2. The van der Waals surface area contributed by atoms with E-state index in [-0.39, 0.29) is 37.5 Å². The van der Waals surface area contributed by atoms with Crippen LogP contribution in [0.5, 0.6) is 0 Å². The summed E-state index contributed by atoms with van der Waals surface area (Å²) in [6, 6.07) is -0.883. The average molecular weight is 914 g/mol. The molecule has 3 saturated heterocycles. The van der Waals surface area contributed by atoms with Crippen LogP contribution in [-0.2, 0) is 42.7 Å². The number of halogens is 1. The highest BCUT2D eigenvalue weighted by molar-refractivity contribution is 9.09. The molecule has 3 heterocycles. The van der Waals surface area contributed by atoms with Gasteiger partial charge in [-0.2, -0.15) is 0 Å². The van der Waals surface area contributed by atoms with Gasteiger partial charge in [0.2, 0.25) is 0 Å². The number of rotatable bonds is 11. The SMILES string of the molecule is CC[C@H]1OC(=O)[C@H](C)[C@@H](O[C@H]2C[C@@](C)(OC)[C@@H](O)[C@H](C)O2)[C@H](C)[C@@H](O[C@@H]2O[C@H](C)C[C@H](N(C)C)[C@H]2OC(=O)OCCBr)C([C@@H](C)O)C[C@@H](C)CN(C)[C@H](C)[C@@H](O)[C@]1(C)O. The first-order valence-corrected chi connectivity index (χ1v) is 22.5. The maximum absolute atomic E-state index is 14.4. The van der Waals surface area contributed by atoms with Crippen molar-refractivity contribution in [3.05, 3.63) is 0 Å². The number of esters is 1. The van der Waals surface area contributed by atoms with Gasteiger partial charge in [0, 0.05) is 43.3 Å². The number of hydrogen-bond donors (Lipinski definition) is 4. The van der Waals surface area contributed by atoms with Crippen LogP contribution >= 0.6 is 15.9 Å². The third kappa shape index (κ3) is 12.9. The Balaban J connectivity index is 2.26. The molecule has 3 rings (SSSR count). The van der Waals surface area contributed by atoms with Gasteiger partial charge in [0.15, 0.2) is 18.7 Å². The maximum Gasteiger partial charge on any atom is 0.508 e. The first-order chi connectivity index (χ1) is 27.4. The monoisotopic (exact) mass is 912 g/mol. The number of ether oxygens (including phenoxy) is 8. The van der Waals surface area contributed by atoms with E-state index in [0.717, 1.165) is 0 Å². The highest BCUT2D eigenvalue weighted by atomic mass is 79.9. The fourth-order valence-corrected chi connectivity index (χ4v) is 9.34. The lowest BCUT2D eigenvalue weighted by Crippen LogP contribution is -2.59. The molecule has 0 saturated carbocycles. The predicted octanol–water partition coefficient (Wildman–Crippen LogP) is 3.70. The van der Waals surface area contributed by atoms with Crippen molar-refractivity contribution >= 4 is 28.1 Å². The predicted molar refractivity (Wildman–Crippen MR) is 223 cm³/mol. The number of likely N-dealkylation sites (N-methyl/N-ethyl adjacent to an activating group) is 2. The van der Waals surface area contributed by atoms with Crippen LogP contribution in [0, 0.1) is 23.7 Å². The molecule has 0 aromatic rings. The van der Waals surface area contributed by atoms with Crippen LogP contribution < -0.4 is 0 Å². The third-order valence-corrected chi connectivity index (χ3v) is 13.4. The van der Waals surface area contributed by atoms with Gasteiger partial charge in [-0.1, -0.05) is 36.7 Å². The van der Waals surface area contributed by atoms with Crippen molar-refractivity contribution in [3.63, 3.8) is 0 Å². The van der Waals surface area contributed by atoms with Gasteiger partial charge < -0.3 is 68.1 Å². The maximum atomic E-state index is 14.4. The molecule has 0 radical (unpaired) electrons. The Morgan fingerprint density at radius 1 is 1.02 bits per heavy atom. The number of aliphatic hydroxyl groups is 4. The van der Waals surface area contributed by atoms with Gasteiger partial charge in [-0.05, 0) is 94.8 Å². The average Bonchev–Trinajstić information content (AvgIpc) is 3.17. The van der Waals surface area contributed by atoms with E-state index >= 15 is 0 Å². The van der Waals surface area contributed by atoms with Gasteiger partial charge in [0.05, 0.1) is 48.1 Å². The molecule has 16 nitrogen and oxygen atoms in total. The lowest BCUT2D eigenvalue weighted by molar-refractivity contribution is -0.311. The van der Waals surface area contributed by atoms with Gasteiger partial charge >= 0.3 is 12.1 Å². The van der Waals surface area contributed by atoms with Crippen LogP contribution in [0.1, 0.15) is 94.9 Å². The Morgan fingerprint density at radius 2 is 1.66 bits per heavy atom. The quantitative estimate of drug-likeness (QED) is 0.173. The zero-order valence-electron chi connectivity index (χ0n) is 37.9. The van der Waals surface area contributed by atoms with Crippen LogP contribution in [-0.4, -0.2) is 180 Å². The standard InChI is InChI=1S/C42H77BrN2O14/c1-15-31-42(10,51)36(47)26(6)45(13)21-22(2)18-29(27(7)46)34(58-39-35(59-40(50)53-17-16-43)30(44(11)12)19-23(3)54-39)24(4)33(25(5)38(49)56-31)57-32-20-41(9,52-14)37(48)28(8)55-32/h22-37,39,46-48,51H,15-21H2,1-14H3/t22-,23-,24+,25-,26-,27-,28+,29?,30+,31-,32+,33+,34-,35-,36-,37+,39+,41-,42-/m1/s1. The molecule has 3 aliphatic rings. The van der Waals surface area contributed by atoms with E-state index in [1.807, 2.05) is 58.6 Å². The van der Waals surface area contributed by atoms with Crippen LogP contribution in [0.25, 0.3) is 0 Å². The van der Waals surface area contributed by atoms with Crippen molar-refractivity contribution < 1.29 is 67.9 Å². The zero-order chi connectivity index (χ0) is 44.7. The summed E-state index contributed by atoms with van der Waals surface area (Å²) in [7, 11) is 7.13. The van der Waals surface area contributed by atoms with Crippen molar-refractivity contribution in [2.45, 2.75) is 186 Å².